The predicted octanol–water partition coefficient (Wildman–Crippen LogP) is 1.13. The Morgan fingerprint density at radius 3 is 2.43 bits per heavy atom. The van der Waals surface area contributed by atoms with Gasteiger partial charge in [0.15, 0.2) is 0 Å². The van der Waals surface area contributed by atoms with E-state index in [1.807, 2.05) is 0 Å². The van der Waals surface area contributed by atoms with Gasteiger partial charge in [0, 0.05) is 6.42 Å². The van der Waals surface area contributed by atoms with E-state index in [-0.39, 0.29) is 5.91 Å². The fraction of sp³-hybridized carbons (Fsp3) is 0.909. The van der Waals surface area contributed by atoms with Crippen molar-refractivity contribution in [2.75, 3.05) is 13.1 Å². The second-order valence-corrected chi connectivity index (χ2v) is 4.67. The van der Waals surface area contributed by atoms with Crippen molar-refractivity contribution in [3.05, 3.63) is 0 Å². The summed E-state index contributed by atoms with van der Waals surface area (Å²) in [5.41, 5.74) is 5.28. The zero-order chi connectivity index (χ0) is 10.6. The molecule has 0 aromatic rings. The molecular formula is C11H22N2O. The molecule has 1 fully saturated rings. The Kier molecular flexibility index (Phi) is 4.39. The number of hydrogen-bond donors (Lipinski definition) is 2. The molecule has 1 saturated heterocycles. The van der Waals surface area contributed by atoms with E-state index in [4.69, 9.17) is 5.73 Å². The molecule has 0 saturated carbocycles. The third-order valence-electron chi connectivity index (χ3n) is 3.28. The summed E-state index contributed by atoms with van der Waals surface area (Å²) < 4.78 is 0. The average molecular weight is 198 g/mol. The van der Waals surface area contributed by atoms with Crippen molar-refractivity contribution in [3.63, 3.8) is 0 Å². The van der Waals surface area contributed by atoms with Crippen LogP contribution in [0.5, 0.6) is 0 Å². The predicted molar refractivity (Wildman–Crippen MR) is 57.7 cm³/mol. The third-order valence-corrected chi connectivity index (χ3v) is 3.28. The molecule has 0 spiro atoms. The van der Waals surface area contributed by atoms with Gasteiger partial charge in [-0.2, -0.15) is 0 Å². The lowest BCUT2D eigenvalue weighted by Crippen LogP contribution is -2.35. The van der Waals surface area contributed by atoms with E-state index < -0.39 is 0 Å². The van der Waals surface area contributed by atoms with Gasteiger partial charge in [-0.15, -0.1) is 0 Å². The number of nitrogens with one attached hydrogen (secondary N) is 1. The lowest BCUT2D eigenvalue weighted by Gasteiger charge is -2.32. The van der Waals surface area contributed by atoms with E-state index >= 15 is 0 Å². The Morgan fingerprint density at radius 2 is 2.00 bits per heavy atom. The minimum absolute atomic E-state index is 0.151. The van der Waals surface area contributed by atoms with Crippen LogP contribution in [0.15, 0.2) is 0 Å². The molecule has 0 aromatic heterocycles. The van der Waals surface area contributed by atoms with Crippen LogP contribution in [0.3, 0.4) is 0 Å². The SMILES string of the molecule is CC(C)C(CC(N)=O)C1CCNCC1. The molecule has 3 heteroatoms. The first-order valence-corrected chi connectivity index (χ1v) is 5.60. The van der Waals surface area contributed by atoms with E-state index in [9.17, 15) is 4.79 Å². The molecule has 0 radical (unpaired) electrons. The van der Waals surface area contributed by atoms with Crippen molar-refractivity contribution < 1.29 is 4.79 Å². The summed E-state index contributed by atoms with van der Waals surface area (Å²) in [4.78, 5) is 11.0. The maximum Gasteiger partial charge on any atom is 0.217 e. The number of amides is 1. The minimum atomic E-state index is -0.151. The van der Waals surface area contributed by atoms with Crippen LogP contribution < -0.4 is 11.1 Å². The minimum Gasteiger partial charge on any atom is -0.370 e. The van der Waals surface area contributed by atoms with Crippen molar-refractivity contribution in [1.29, 1.82) is 0 Å². The van der Waals surface area contributed by atoms with E-state index in [2.05, 4.69) is 19.2 Å². The molecule has 1 atom stereocenters. The van der Waals surface area contributed by atoms with E-state index in [0.717, 1.165) is 13.1 Å². The zero-order valence-corrected chi connectivity index (χ0v) is 9.25. The Labute approximate surface area is 86.4 Å². The van der Waals surface area contributed by atoms with Gasteiger partial charge < -0.3 is 11.1 Å². The lowest BCUT2D eigenvalue weighted by molar-refractivity contribution is -0.119. The van der Waals surface area contributed by atoms with Crippen LogP contribution in [0.2, 0.25) is 0 Å². The standard InChI is InChI=1S/C11H22N2O/c1-8(2)10(7-11(12)14)9-3-5-13-6-4-9/h8-10,13H,3-7H2,1-2H3,(H2,12,14). The maximum atomic E-state index is 11.0. The Bertz CT molecular complexity index is 186. The fourth-order valence-electron chi connectivity index (χ4n) is 2.45. The van der Waals surface area contributed by atoms with Crippen LogP contribution in [0.25, 0.3) is 0 Å². The van der Waals surface area contributed by atoms with Gasteiger partial charge in [0.05, 0.1) is 0 Å². The molecule has 3 nitrogen and oxygen atoms in total. The van der Waals surface area contributed by atoms with Crippen LogP contribution in [0, 0.1) is 17.8 Å². The summed E-state index contributed by atoms with van der Waals surface area (Å²) in [5.74, 6) is 1.58. The number of primary amides is 1. The van der Waals surface area contributed by atoms with Gasteiger partial charge in [-0.25, -0.2) is 0 Å². The van der Waals surface area contributed by atoms with Crippen molar-refractivity contribution in [1.82, 2.24) is 5.32 Å². The number of piperidine rings is 1. The summed E-state index contributed by atoms with van der Waals surface area (Å²) in [6.07, 6.45) is 2.94. The monoisotopic (exact) mass is 198 g/mol. The fourth-order valence-corrected chi connectivity index (χ4v) is 2.45. The Balaban J connectivity index is 2.51. The van der Waals surface area contributed by atoms with Crippen LogP contribution in [-0.2, 0) is 4.79 Å². The molecule has 1 heterocycles. The number of hydrogen-bond acceptors (Lipinski definition) is 2. The van der Waals surface area contributed by atoms with E-state index in [1.54, 1.807) is 0 Å². The molecular weight excluding hydrogens is 176 g/mol. The molecule has 3 N–H and O–H groups in total. The molecule has 1 rings (SSSR count). The van der Waals surface area contributed by atoms with Crippen LogP contribution in [-0.4, -0.2) is 19.0 Å². The van der Waals surface area contributed by atoms with E-state index in [0.29, 0.717) is 24.2 Å². The normalized spacial score (nSPS) is 21.1. The summed E-state index contributed by atoms with van der Waals surface area (Å²) >= 11 is 0. The summed E-state index contributed by atoms with van der Waals surface area (Å²) in [6.45, 7) is 6.56. The summed E-state index contributed by atoms with van der Waals surface area (Å²) in [7, 11) is 0. The van der Waals surface area contributed by atoms with E-state index in [1.165, 1.54) is 12.8 Å². The van der Waals surface area contributed by atoms with Gasteiger partial charge >= 0.3 is 0 Å². The van der Waals surface area contributed by atoms with Gasteiger partial charge in [-0.3, -0.25) is 4.79 Å². The highest BCUT2D eigenvalue weighted by atomic mass is 16.1. The van der Waals surface area contributed by atoms with Crippen molar-refractivity contribution >= 4 is 5.91 Å². The summed E-state index contributed by atoms with van der Waals surface area (Å²) in [6, 6.07) is 0. The van der Waals surface area contributed by atoms with Crippen LogP contribution in [0.4, 0.5) is 0 Å². The van der Waals surface area contributed by atoms with Gasteiger partial charge in [0.1, 0.15) is 0 Å². The quantitative estimate of drug-likeness (QED) is 0.711. The van der Waals surface area contributed by atoms with Gasteiger partial charge in [0.2, 0.25) is 5.91 Å². The topological polar surface area (TPSA) is 55.1 Å². The molecule has 1 unspecified atom stereocenters. The molecule has 0 aromatic carbocycles. The molecule has 1 aliphatic rings. The second-order valence-electron chi connectivity index (χ2n) is 4.67. The van der Waals surface area contributed by atoms with Gasteiger partial charge in [-0.1, -0.05) is 13.8 Å². The second kappa shape index (κ2) is 5.35. The number of rotatable bonds is 4. The Morgan fingerprint density at radius 1 is 1.43 bits per heavy atom. The zero-order valence-electron chi connectivity index (χ0n) is 9.25. The first kappa shape index (κ1) is 11.5. The average Bonchev–Trinajstić information content (AvgIpc) is 2.15. The molecule has 0 aliphatic carbocycles. The highest BCUT2D eigenvalue weighted by Crippen LogP contribution is 2.30. The molecule has 14 heavy (non-hydrogen) atoms. The molecule has 1 aliphatic heterocycles. The van der Waals surface area contributed by atoms with Crippen molar-refractivity contribution in [2.45, 2.75) is 33.1 Å². The molecule has 0 bridgehead atoms. The van der Waals surface area contributed by atoms with Gasteiger partial charge in [-0.05, 0) is 43.7 Å². The highest BCUT2D eigenvalue weighted by molar-refractivity contribution is 5.74. The largest absolute Gasteiger partial charge is 0.370 e. The van der Waals surface area contributed by atoms with Crippen LogP contribution in [0.1, 0.15) is 33.1 Å². The summed E-state index contributed by atoms with van der Waals surface area (Å²) in [5, 5.41) is 3.35. The van der Waals surface area contributed by atoms with Gasteiger partial charge in [0.25, 0.3) is 0 Å². The first-order valence-electron chi connectivity index (χ1n) is 5.60. The highest BCUT2D eigenvalue weighted by Gasteiger charge is 2.27. The van der Waals surface area contributed by atoms with Crippen LogP contribution >= 0.6 is 0 Å². The number of carbonyl (C=O) groups is 1. The maximum absolute atomic E-state index is 11.0. The first-order chi connectivity index (χ1) is 6.61. The third kappa shape index (κ3) is 3.29. The Hall–Kier alpha value is -0.570. The van der Waals surface area contributed by atoms with Crippen molar-refractivity contribution in [3.8, 4) is 0 Å². The number of carbonyl (C=O) groups excluding carboxylic acids is 1. The number of nitrogens with two attached hydrogens (primary N) is 1. The lowest BCUT2D eigenvalue weighted by atomic mass is 9.76. The smallest absolute Gasteiger partial charge is 0.217 e. The molecule has 1 amide bonds. The molecule has 82 valence electrons. The van der Waals surface area contributed by atoms with Crippen molar-refractivity contribution in [2.24, 2.45) is 23.5 Å².